The van der Waals surface area contributed by atoms with Crippen LogP contribution in [0.3, 0.4) is 0 Å². The third kappa shape index (κ3) is 2.75. The lowest BCUT2D eigenvalue weighted by Crippen LogP contribution is -1.98. The highest BCUT2D eigenvalue weighted by Crippen LogP contribution is 2.43. The van der Waals surface area contributed by atoms with Crippen LogP contribution in [0.1, 0.15) is 18.9 Å². The molecule has 2 heterocycles. The van der Waals surface area contributed by atoms with Crippen LogP contribution in [0.25, 0.3) is 22.2 Å². The molecule has 0 radical (unpaired) electrons. The number of aromatic nitrogens is 3. The SMILES string of the molecule is Fc1cc2cc(-c3cnnc(SC(F)F)c3)n(C3CC3)c2cc1F. The van der Waals surface area contributed by atoms with E-state index in [4.69, 9.17) is 0 Å². The highest BCUT2D eigenvalue weighted by atomic mass is 32.2. The number of rotatable bonds is 4. The average Bonchev–Trinajstić information content (AvgIpc) is 3.30. The molecule has 0 spiro atoms. The van der Waals surface area contributed by atoms with Gasteiger partial charge in [0, 0.05) is 23.1 Å². The van der Waals surface area contributed by atoms with Crippen molar-refractivity contribution in [3.05, 3.63) is 42.1 Å². The molecule has 0 saturated heterocycles. The first-order valence-corrected chi connectivity index (χ1v) is 8.19. The third-order valence-corrected chi connectivity index (χ3v) is 4.55. The largest absolute Gasteiger partial charge is 0.337 e. The molecule has 1 fully saturated rings. The lowest BCUT2D eigenvalue weighted by molar-refractivity contribution is 0.252. The molecular weight excluding hydrogens is 342 g/mol. The maximum Gasteiger partial charge on any atom is 0.290 e. The average molecular weight is 353 g/mol. The van der Waals surface area contributed by atoms with Gasteiger partial charge in [-0.3, -0.25) is 0 Å². The number of hydrogen-bond donors (Lipinski definition) is 0. The highest BCUT2D eigenvalue weighted by Gasteiger charge is 2.28. The summed E-state index contributed by atoms with van der Waals surface area (Å²) >= 11 is 0.313. The van der Waals surface area contributed by atoms with Crippen molar-refractivity contribution < 1.29 is 17.6 Å². The van der Waals surface area contributed by atoms with E-state index in [0.29, 0.717) is 33.9 Å². The van der Waals surface area contributed by atoms with Gasteiger partial charge >= 0.3 is 0 Å². The van der Waals surface area contributed by atoms with Gasteiger partial charge in [-0.05, 0) is 42.8 Å². The zero-order valence-electron chi connectivity index (χ0n) is 12.2. The molecule has 0 atom stereocenters. The van der Waals surface area contributed by atoms with Crippen LogP contribution in [0.2, 0.25) is 0 Å². The Bertz CT molecular complexity index is 921. The Labute approximate surface area is 138 Å². The van der Waals surface area contributed by atoms with Gasteiger partial charge in [0.2, 0.25) is 0 Å². The summed E-state index contributed by atoms with van der Waals surface area (Å²) in [5.41, 5.74) is 1.88. The van der Waals surface area contributed by atoms with Crippen LogP contribution in [0.15, 0.2) is 35.5 Å². The molecule has 0 aliphatic heterocycles. The molecule has 4 rings (SSSR count). The third-order valence-electron chi connectivity index (χ3n) is 3.93. The van der Waals surface area contributed by atoms with Gasteiger partial charge in [0.05, 0.1) is 17.4 Å². The van der Waals surface area contributed by atoms with E-state index in [2.05, 4.69) is 10.2 Å². The lowest BCUT2D eigenvalue weighted by Gasteiger charge is -2.10. The van der Waals surface area contributed by atoms with Crippen molar-refractivity contribution in [1.29, 1.82) is 0 Å². The zero-order valence-corrected chi connectivity index (χ0v) is 13.0. The fraction of sp³-hybridized carbons (Fsp3) is 0.250. The Hall–Kier alpha value is -2.09. The number of thioether (sulfide) groups is 1. The molecule has 0 N–H and O–H groups in total. The zero-order chi connectivity index (χ0) is 16.8. The van der Waals surface area contributed by atoms with E-state index in [1.165, 1.54) is 18.3 Å². The van der Waals surface area contributed by atoms with Crippen LogP contribution in [0.4, 0.5) is 17.6 Å². The predicted molar refractivity (Wildman–Crippen MR) is 83.0 cm³/mol. The molecule has 3 nitrogen and oxygen atoms in total. The minimum atomic E-state index is -2.59. The van der Waals surface area contributed by atoms with Crippen molar-refractivity contribution in [2.75, 3.05) is 0 Å². The smallest absolute Gasteiger partial charge is 0.290 e. The van der Waals surface area contributed by atoms with E-state index >= 15 is 0 Å². The standard InChI is InChI=1S/C16H11F4N3S/c17-11-3-8-4-13(9-5-15(22-21-7-9)24-16(19)20)23(10-1-2-10)14(8)6-12(11)18/h3-7,10,16H,1-2H2. The van der Waals surface area contributed by atoms with Crippen molar-refractivity contribution in [3.8, 4) is 11.3 Å². The van der Waals surface area contributed by atoms with Gasteiger partial charge in [0.15, 0.2) is 11.6 Å². The van der Waals surface area contributed by atoms with Crippen LogP contribution >= 0.6 is 11.8 Å². The summed E-state index contributed by atoms with van der Waals surface area (Å²) in [6, 6.07) is 5.77. The van der Waals surface area contributed by atoms with Crippen molar-refractivity contribution in [2.45, 2.75) is 29.7 Å². The van der Waals surface area contributed by atoms with Gasteiger partial charge in [0.25, 0.3) is 5.76 Å². The molecule has 1 saturated carbocycles. The summed E-state index contributed by atoms with van der Waals surface area (Å²) in [6.45, 7) is 0. The van der Waals surface area contributed by atoms with Crippen LogP contribution in [0, 0.1) is 11.6 Å². The normalized spacial score (nSPS) is 14.7. The fourth-order valence-corrected chi connectivity index (χ4v) is 3.28. The Morgan fingerprint density at radius 1 is 1.08 bits per heavy atom. The van der Waals surface area contributed by atoms with Gasteiger partial charge in [-0.15, -0.1) is 5.10 Å². The van der Waals surface area contributed by atoms with E-state index in [-0.39, 0.29) is 11.1 Å². The molecule has 0 amide bonds. The topological polar surface area (TPSA) is 30.7 Å². The van der Waals surface area contributed by atoms with Crippen molar-refractivity contribution in [2.24, 2.45) is 0 Å². The van der Waals surface area contributed by atoms with Crippen molar-refractivity contribution in [1.82, 2.24) is 14.8 Å². The molecule has 0 unspecified atom stereocenters. The molecule has 24 heavy (non-hydrogen) atoms. The van der Waals surface area contributed by atoms with E-state index in [1.807, 2.05) is 4.57 Å². The Balaban J connectivity index is 1.88. The summed E-state index contributed by atoms with van der Waals surface area (Å²) in [5.74, 6) is -4.41. The quantitative estimate of drug-likeness (QED) is 0.487. The number of fused-ring (bicyclic) bond motifs is 1. The molecule has 1 aliphatic rings. The molecule has 3 aromatic rings. The van der Waals surface area contributed by atoms with Crippen LogP contribution < -0.4 is 0 Å². The summed E-state index contributed by atoms with van der Waals surface area (Å²) in [4.78, 5) is 0. The van der Waals surface area contributed by atoms with E-state index in [1.54, 1.807) is 6.07 Å². The first kappa shape index (κ1) is 15.4. The number of nitrogens with zero attached hydrogens (tertiary/aromatic N) is 3. The number of hydrogen-bond acceptors (Lipinski definition) is 3. The van der Waals surface area contributed by atoms with Gasteiger partial charge in [-0.25, -0.2) is 8.78 Å². The Kier molecular flexibility index (Phi) is 3.71. The van der Waals surface area contributed by atoms with E-state index < -0.39 is 17.4 Å². The second kappa shape index (κ2) is 5.77. The summed E-state index contributed by atoms with van der Waals surface area (Å²) in [7, 11) is 0. The number of halogens is 4. The number of benzene rings is 1. The minimum Gasteiger partial charge on any atom is -0.337 e. The molecule has 0 bridgehead atoms. The Morgan fingerprint density at radius 3 is 2.54 bits per heavy atom. The summed E-state index contributed by atoms with van der Waals surface area (Å²) < 4.78 is 54.1. The van der Waals surface area contributed by atoms with Gasteiger partial charge in [-0.2, -0.15) is 13.9 Å². The van der Waals surface area contributed by atoms with Crippen LogP contribution in [-0.2, 0) is 0 Å². The Morgan fingerprint density at radius 2 is 1.83 bits per heavy atom. The molecule has 124 valence electrons. The maximum absolute atomic E-state index is 13.6. The molecule has 8 heteroatoms. The fourth-order valence-electron chi connectivity index (χ4n) is 2.81. The summed E-state index contributed by atoms with van der Waals surface area (Å²) in [6.07, 6.45) is 3.34. The molecule has 1 aliphatic carbocycles. The van der Waals surface area contributed by atoms with E-state index in [0.717, 1.165) is 18.9 Å². The first-order valence-electron chi connectivity index (χ1n) is 7.31. The van der Waals surface area contributed by atoms with Crippen molar-refractivity contribution in [3.63, 3.8) is 0 Å². The van der Waals surface area contributed by atoms with Gasteiger partial charge in [-0.1, -0.05) is 0 Å². The van der Waals surface area contributed by atoms with Gasteiger partial charge < -0.3 is 4.57 Å². The minimum absolute atomic E-state index is 0.104. The van der Waals surface area contributed by atoms with Crippen molar-refractivity contribution >= 4 is 22.7 Å². The summed E-state index contributed by atoms with van der Waals surface area (Å²) in [5, 5.41) is 8.13. The maximum atomic E-state index is 13.6. The number of alkyl halides is 2. The first-order chi connectivity index (χ1) is 11.5. The van der Waals surface area contributed by atoms with Gasteiger partial charge in [0.1, 0.15) is 5.03 Å². The van der Waals surface area contributed by atoms with Crippen LogP contribution in [-0.4, -0.2) is 20.5 Å². The second-order valence-corrected chi connectivity index (χ2v) is 6.63. The monoisotopic (exact) mass is 353 g/mol. The predicted octanol–water partition coefficient (Wildman–Crippen LogP) is 5.03. The van der Waals surface area contributed by atoms with E-state index in [9.17, 15) is 17.6 Å². The lowest BCUT2D eigenvalue weighted by atomic mass is 10.2. The molecule has 2 aromatic heterocycles. The molecule has 1 aromatic carbocycles. The highest BCUT2D eigenvalue weighted by molar-refractivity contribution is 7.99. The van der Waals surface area contributed by atoms with Crippen LogP contribution in [0.5, 0.6) is 0 Å². The second-order valence-electron chi connectivity index (χ2n) is 5.62. The molecular formula is C16H11F4N3S.